The SMILES string of the molecule is O=C(/C=C\c1ccc([N+](=O)[O-])cc1)N[C@@H]1CC(=O)N(c2ccc3c(c2)OCCO3)C1. The monoisotopic (exact) mass is 409 g/mol. The Balaban J connectivity index is 1.36. The Morgan fingerprint density at radius 3 is 2.60 bits per heavy atom. The minimum Gasteiger partial charge on any atom is -0.486 e. The van der Waals surface area contributed by atoms with E-state index in [4.69, 9.17) is 9.47 Å². The molecule has 2 heterocycles. The molecule has 0 radical (unpaired) electrons. The van der Waals surface area contributed by atoms with Gasteiger partial charge in [0.05, 0.1) is 11.0 Å². The van der Waals surface area contributed by atoms with Crippen LogP contribution in [0.25, 0.3) is 6.08 Å². The molecule has 1 atom stereocenters. The first-order valence-corrected chi connectivity index (χ1v) is 9.42. The van der Waals surface area contributed by atoms with E-state index in [-0.39, 0.29) is 30.0 Å². The predicted molar refractivity (Wildman–Crippen MR) is 108 cm³/mol. The van der Waals surface area contributed by atoms with Crippen LogP contribution < -0.4 is 19.7 Å². The van der Waals surface area contributed by atoms with Crippen LogP contribution in [0.5, 0.6) is 11.5 Å². The number of amides is 2. The van der Waals surface area contributed by atoms with Crippen molar-refractivity contribution in [2.24, 2.45) is 0 Å². The molecule has 9 heteroatoms. The second kappa shape index (κ2) is 8.24. The average molecular weight is 409 g/mol. The van der Waals surface area contributed by atoms with Gasteiger partial charge in [0, 0.05) is 42.9 Å². The number of carbonyl (C=O) groups is 2. The zero-order valence-electron chi connectivity index (χ0n) is 15.9. The van der Waals surface area contributed by atoms with Crippen molar-refractivity contribution in [3.05, 3.63) is 64.2 Å². The maximum absolute atomic E-state index is 12.4. The molecule has 0 saturated carbocycles. The Labute approximate surface area is 172 Å². The zero-order valence-corrected chi connectivity index (χ0v) is 15.9. The summed E-state index contributed by atoms with van der Waals surface area (Å²) in [7, 11) is 0. The lowest BCUT2D eigenvalue weighted by atomic mass is 10.2. The number of carbonyl (C=O) groups excluding carboxylic acids is 2. The van der Waals surface area contributed by atoms with E-state index < -0.39 is 4.92 Å². The number of hydrogen-bond donors (Lipinski definition) is 1. The number of nitrogens with one attached hydrogen (secondary N) is 1. The molecule has 2 aliphatic heterocycles. The van der Waals surface area contributed by atoms with Crippen LogP contribution in [0.4, 0.5) is 11.4 Å². The van der Waals surface area contributed by atoms with E-state index in [1.165, 1.54) is 18.2 Å². The summed E-state index contributed by atoms with van der Waals surface area (Å²) in [6.45, 7) is 1.32. The molecule has 2 aromatic carbocycles. The van der Waals surface area contributed by atoms with Gasteiger partial charge in [-0.05, 0) is 35.9 Å². The van der Waals surface area contributed by atoms with Crippen molar-refractivity contribution in [1.82, 2.24) is 5.32 Å². The molecule has 9 nitrogen and oxygen atoms in total. The van der Waals surface area contributed by atoms with Crippen LogP contribution in [0.15, 0.2) is 48.5 Å². The second-order valence-corrected chi connectivity index (χ2v) is 6.92. The first-order valence-electron chi connectivity index (χ1n) is 9.42. The minimum absolute atomic E-state index is 0.0136. The Kier molecular flexibility index (Phi) is 5.34. The third-order valence-corrected chi connectivity index (χ3v) is 4.84. The molecule has 0 unspecified atom stereocenters. The van der Waals surface area contributed by atoms with Crippen LogP contribution >= 0.6 is 0 Å². The number of hydrogen-bond acceptors (Lipinski definition) is 6. The van der Waals surface area contributed by atoms with Gasteiger partial charge in [0.15, 0.2) is 11.5 Å². The van der Waals surface area contributed by atoms with E-state index in [0.717, 1.165) is 0 Å². The summed E-state index contributed by atoms with van der Waals surface area (Å²) in [5.41, 5.74) is 1.35. The lowest BCUT2D eigenvalue weighted by molar-refractivity contribution is -0.384. The summed E-state index contributed by atoms with van der Waals surface area (Å²) in [5.74, 6) is 0.828. The Morgan fingerprint density at radius 2 is 1.87 bits per heavy atom. The van der Waals surface area contributed by atoms with E-state index in [2.05, 4.69) is 5.32 Å². The Morgan fingerprint density at radius 1 is 1.13 bits per heavy atom. The summed E-state index contributed by atoms with van der Waals surface area (Å²) >= 11 is 0. The third-order valence-electron chi connectivity index (χ3n) is 4.84. The van der Waals surface area contributed by atoms with Gasteiger partial charge < -0.3 is 19.7 Å². The lowest BCUT2D eigenvalue weighted by Crippen LogP contribution is -2.36. The fourth-order valence-electron chi connectivity index (χ4n) is 3.38. The molecular formula is C21H19N3O6. The number of nitro groups is 1. The summed E-state index contributed by atoms with van der Waals surface area (Å²) in [6, 6.07) is 10.9. The summed E-state index contributed by atoms with van der Waals surface area (Å²) in [4.78, 5) is 36.5. The molecular weight excluding hydrogens is 390 g/mol. The number of rotatable bonds is 5. The number of anilines is 1. The zero-order chi connectivity index (χ0) is 21.1. The molecule has 0 aromatic heterocycles. The van der Waals surface area contributed by atoms with Crippen molar-refractivity contribution in [2.45, 2.75) is 12.5 Å². The van der Waals surface area contributed by atoms with Gasteiger partial charge in [-0.25, -0.2) is 0 Å². The van der Waals surface area contributed by atoms with Crippen LogP contribution in [0.2, 0.25) is 0 Å². The van der Waals surface area contributed by atoms with Crippen molar-refractivity contribution < 1.29 is 24.0 Å². The molecule has 154 valence electrons. The van der Waals surface area contributed by atoms with Gasteiger partial charge in [0.25, 0.3) is 5.69 Å². The van der Waals surface area contributed by atoms with Gasteiger partial charge in [-0.2, -0.15) is 0 Å². The van der Waals surface area contributed by atoms with Gasteiger partial charge in [-0.15, -0.1) is 0 Å². The maximum Gasteiger partial charge on any atom is 0.269 e. The molecule has 0 bridgehead atoms. The number of benzene rings is 2. The van der Waals surface area contributed by atoms with Crippen molar-refractivity contribution in [2.75, 3.05) is 24.7 Å². The standard InChI is InChI=1S/C21H19N3O6/c25-20(8-3-14-1-4-16(5-2-14)24(27)28)22-15-11-21(26)23(13-15)17-6-7-18-19(12-17)30-10-9-29-18/h1-8,12,15H,9-11,13H2,(H,22,25)/b8-3-/t15-/m1/s1. The van der Waals surface area contributed by atoms with Crippen LogP contribution in [0, 0.1) is 10.1 Å². The van der Waals surface area contributed by atoms with Crippen molar-refractivity contribution in [3.8, 4) is 11.5 Å². The summed E-state index contributed by atoms with van der Waals surface area (Å²) in [6.07, 6.45) is 3.11. The van der Waals surface area contributed by atoms with Crippen LogP contribution in [0.3, 0.4) is 0 Å². The van der Waals surface area contributed by atoms with Gasteiger partial charge in [0.2, 0.25) is 11.8 Å². The molecule has 2 aliphatic rings. The normalized spacial score (nSPS) is 17.9. The third kappa shape index (κ3) is 4.24. The quantitative estimate of drug-likeness (QED) is 0.461. The number of nitrogens with zero attached hydrogens (tertiary/aromatic N) is 2. The number of ether oxygens (including phenoxy) is 2. The van der Waals surface area contributed by atoms with Gasteiger partial charge in [0.1, 0.15) is 13.2 Å². The van der Waals surface area contributed by atoms with Crippen LogP contribution in [0.1, 0.15) is 12.0 Å². The number of nitro benzene ring substituents is 1. The van der Waals surface area contributed by atoms with E-state index in [1.807, 2.05) is 0 Å². The van der Waals surface area contributed by atoms with Crippen molar-refractivity contribution in [3.63, 3.8) is 0 Å². The molecule has 1 fully saturated rings. The highest BCUT2D eigenvalue weighted by molar-refractivity contribution is 5.98. The molecule has 0 spiro atoms. The van der Waals surface area contributed by atoms with E-state index in [9.17, 15) is 19.7 Å². The van der Waals surface area contributed by atoms with Crippen LogP contribution in [-0.2, 0) is 9.59 Å². The molecule has 2 amide bonds. The largest absolute Gasteiger partial charge is 0.486 e. The smallest absolute Gasteiger partial charge is 0.269 e. The van der Waals surface area contributed by atoms with Gasteiger partial charge >= 0.3 is 0 Å². The number of non-ortho nitro benzene ring substituents is 1. The fraction of sp³-hybridized carbons (Fsp3) is 0.238. The minimum atomic E-state index is -0.481. The predicted octanol–water partition coefficient (Wildman–Crippen LogP) is 2.30. The van der Waals surface area contributed by atoms with Crippen molar-refractivity contribution >= 4 is 29.3 Å². The topological polar surface area (TPSA) is 111 Å². The summed E-state index contributed by atoms with van der Waals surface area (Å²) in [5, 5.41) is 13.5. The number of fused-ring (bicyclic) bond motifs is 1. The van der Waals surface area contributed by atoms with Crippen molar-refractivity contribution in [1.29, 1.82) is 0 Å². The van der Waals surface area contributed by atoms with E-state index >= 15 is 0 Å². The highest BCUT2D eigenvalue weighted by atomic mass is 16.6. The molecule has 1 N–H and O–H groups in total. The van der Waals surface area contributed by atoms with Gasteiger partial charge in [-0.3, -0.25) is 19.7 Å². The molecule has 30 heavy (non-hydrogen) atoms. The fourth-order valence-corrected chi connectivity index (χ4v) is 3.38. The molecule has 1 saturated heterocycles. The maximum atomic E-state index is 12.4. The van der Waals surface area contributed by atoms with Gasteiger partial charge in [-0.1, -0.05) is 0 Å². The first-order chi connectivity index (χ1) is 14.5. The van der Waals surface area contributed by atoms with E-state index in [1.54, 1.807) is 41.3 Å². The lowest BCUT2D eigenvalue weighted by Gasteiger charge is -2.22. The second-order valence-electron chi connectivity index (χ2n) is 6.92. The molecule has 2 aromatic rings. The highest BCUT2D eigenvalue weighted by Gasteiger charge is 2.32. The molecule has 4 rings (SSSR count). The average Bonchev–Trinajstić information content (AvgIpc) is 3.12. The Bertz CT molecular complexity index is 1020. The van der Waals surface area contributed by atoms with Crippen LogP contribution in [-0.4, -0.2) is 42.5 Å². The van der Waals surface area contributed by atoms with E-state index in [0.29, 0.717) is 42.5 Å². The highest BCUT2D eigenvalue weighted by Crippen LogP contribution is 2.35. The Hall–Kier alpha value is -3.88. The first kappa shape index (κ1) is 19.4. The molecule has 0 aliphatic carbocycles. The summed E-state index contributed by atoms with van der Waals surface area (Å²) < 4.78 is 11.1.